The van der Waals surface area contributed by atoms with Crippen molar-refractivity contribution < 1.29 is 5.11 Å². The van der Waals surface area contributed by atoms with Gasteiger partial charge in [-0.05, 0) is 49.8 Å². The maximum atomic E-state index is 11.2. The van der Waals surface area contributed by atoms with Crippen LogP contribution in [0.4, 0.5) is 0 Å². The van der Waals surface area contributed by atoms with Crippen LogP contribution in [0.15, 0.2) is 30.3 Å². The van der Waals surface area contributed by atoms with E-state index in [9.17, 15) is 5.11 Å². The number of hydrogen-bond acceptors (Lipinski definition) is 2. The second kappa shape index (κ2) is 5.06. The molecule has 20 heavy (non-hydrogen) atoms. The molecule has 0 aliphatic heterocycles. The van der Waals surface area contributed by atoms with E-state index in [1.54, 1.807) is 0 Å². The summed E-state index contributed by atoms with van der Waals surface area (Å²) < 4.78 is 1.89. The molecule has 0 bridgehead atoms. The highest BCUT2D eigenvalue weighted by Crippen LogP contribution is 2.36. The summed E-state index contributed by atoms with van der Waals surface area (Å²) in [5.74, 6) is 0. The van der Waals surface area contributed by atoms with E-state index in [2.05, 4.69) is 29.4 Å². The van der Waals surface area contributed by atoms with Gasteiger partial charge in [0.05, 0.1) is 11.3 Å². The lowest BCUT2D eigenvalue weighted by atomic mass is 9.84. The van der Waals surface area contributed by atoms with Crippen LogP contribution in [0.5, 0.6) is 0 Å². The van der Waals surface area contributed by atoms with Gasteiger partial charge in [-0.15, -0.1) is 0 Å². The molecule has 0 amide bonds. The average molecular weight is 270 g/mol. The van der Waals surface area contributed by atoms with E-state index in [0.29, 0.717) is 6.42 Å². The van der Waals surface area contributed by atoms with Gasteiger partial charge in [0, 0.05) is 19.2 Å². The van der Waals surface area contributed by atoms with Gasteiger partial charge < -0.3 is 5.11 Å². The minimum Gasteiger partial charge on any atom is -0.385 e. The highest BCUT2D eigenvalue weighted by atomic mass is 16.3. The molecule has 1 aromatic heterocycles. The minimum absolute atomic E-state index is 0.640. The van der Waals surface area contributed by atoms with Gasteiger partial charge in [0.25, 0.3) is 0 Å². The lowest BCUT2D eigenvalue weighted by Gasteiger charge is -2.29. The summed E-state index contributed by atoms with van der Waals surface area (Å²) in [6.07, 6.45) is 4.77. The first-order chi connectivity index (χ1) is 9.58. The Morgan fingerprint density at radius 1 is 1.30 bits per heavy atom. The van der Waals surface area contributed by atoms with Crippen LogP contribution < -0.4 is 0 Å². The van der Waals surface area contributed by atoms with E-state index in [0.717, 1.165) is 42.6 Å². The Labute approximate surface area is 120 Å². The molecule has 0 saturated carbocycles. The normalized spacial score (nSPS) is 22.4. The molecule has 1 aromatic carbocycles. The first kappa shape index (κ1) is 13.4. The number of rotatable bonds is 2. The SMILES string of the molecule is Cc1cc(CC2(O)CCCCc3ccccc32)n(C)n1. The zero-order valence-electron chi connectivity index (χ0n) is 12.3. The topological polar surface area (TPSA) is 38.0 Å². The predicted octanol–water partition coefficient (Wildman–Crippen LogP) is 2.89. The van der Waals surface area contributed by atoms with Crippen LogP contribution >= 0.6 is 0 Å². The van der Waals surface area contributed by atoms with Crippen LogP contribution in [0.1, 0.15) is 41.8 Å². The van der Waals surface area contributed by atoms with Gasteiger partial charge >= 0.3 is 0 Å². The minimum atomic E-state index is -0.757. The lowest BCUT2D eigenvalue weighted by molar-refractivity contribution is 0.0254. The van der Waals surface area contributed by atoms with Crippen LogP contribution in [0.2, 0.25) is 0 Å². The number of nitrogens with zero attached hydrogens (tertiary/aromatic N) is 2. The van der Waals surface area contributed by atoms with Crippen LogP contribution in [-0.2, 0) is 25.5 Å². The fourth-order valence-corrected chi connectivity index (χ4v) is 3.37. The Morgan fingerprint density at radius 3 is 2.85 bits per heavy atom. The largest absolute Gasteiger partial charge is 0.385 e. The summed E-state index contributed by atoms with van der Waals surface area (Å²) in [5, 5.41) is 15.6. The molecule has 0 fully saturated rings. The number of benzene rings is 1. The molecule has 3 rings (SSSR count). The van der Waals surface area contributed by atoms with Crippen LogP contribution in [0, 0.1) is 6.92 Å². The van der Waals surface area contributed by atoms with Gasteiger partial charge in [-0.2, -0.15) is 5.10 Å². The Balaban J connectivity index is 2.00. The van der Waals surface area contributed by atoms with Crippen molar-refractivity contribution in [2.45, 2.75) is 44.6 Å². The zero-order chi connectivity index (χ0) is 14.2. The predicted molar refractivity (Wildman–Crippen MR) is 79.5 cm³/mol. The fourth-order valence-electron chi connectivity index (χ4n) is 3.37. The molecule has 106 valence electrons. The van der Waals surface area contributed by atoms with Crippen molar-refractivity contribution in [2.75, 3.05) is 0 Å². The molecule has 3 heteroatoms. The first-order valence-corrected chi connectivity index (χ1v) is 7.39. The summed E-state index contributed by atoms with van der Waals surface area (Å²) >= 11 is 0. The Morgan fingerprint density at radius 2 is 2.10 bits per heavy atom. The van der Waals surface area contributed by atoms with Crippen molar-refractivity contribution in [3.05, 3.63) is 52.8 Å². The van der Waals surface area contributed by atoms with E-state index >= 15 is 0 Å². The van der Waals surface area contributed by atoms with Crippen molar-refractivity contribution in [3.8, 4) is 0 Å². The third kappa shape index (κ3) is 2.38. The number of fused-ring (bicyclic) bond motifs is 1. The van der Waals surface area contributed by atoms with Gasteiger partial charge in [-0.1, -0.05) is 24.3 Å². The summed E-state index contributed by atoms with van der Waals surface area (Å²) in [6, 6.07) is 10.4. The second-order valence-electron chi connectivity index (χ2n) is 5.97. The third-order valence-electron chi connectivity index (χ3n) is 4.38. The van der Waals surface area contributed by atoms with Crippen LogP contribution in [0.25, 0.3) is 0 Å². The van der Waals surface area contributed by atoms with Crippen molar-refractivity contribution in [1.29, 1.82) is 0 Å². The highest BCUT2D eigenvalue weighted by molar-refractivity contribution is 5.35. The molecule has 1 aliphatic rings. The van der Waals surface area contributed by atoms with E-state index in [-0.39, 0.29) is 0 Å². The molecule has 1 unspecified atom stereocenters. The molecule has 3 nitrogen and oxygen atoms in total. The molecule has 1 N–H and O–H groups in total. The van der Waals surface area contributed by atoms with Gasteiger partial charge in [0.1, 0.15) is 0 Å². The van der Waals surface area contributed by atoms with Crippen LogP contribution in [0.3, 0.4) is 0 Å². The summed E-state index contributed by atoms with van der Waals surface area (Å²) in [5.41, 5.74) is 3.75. The maximum Gasteiger partial charge on any atom is 0.0954 e. The number of aryl methyl sites for hydroxylation is 3. The van der Waals surface area contributed by atoms with E-state index in [1.807, 2.05) is 24.7 Å². The second-order valence-corrected chi connectivity index (χ2v) is 5.97. The van der Waals surface area contributed by atoms with Gasteiger partial charge in [0.2, 0.25) is 0 Å². The standard InChI is InChI=1S/C17H22N2O/c1-13-11-15(19(2)18-13)12-17(20)10-6-5-8-14-7-3-4-9-16(14)17/h3-4,7,9,11,20H,5-6,8,10,12H2,1-2H3. The van der Waals surface area contributed by atoms with Gasteiger partial charge in [-0.25, -0.2) is 0 Å². The smallest absolute Gasteiger partial charge is 0.0954 e. The van der Waals surface area contributed by atoms with Crippen molar-refractivity contribution in [3.63, 3.8) is 0 Å². The molecule has 2 aromatic rings. The monoisotopic (exact) mass is 270 g/mol. The zero-order valence-corrected chi connectivity index (χ0v) is 12.3. The van der Waals surface area contributed by atoms with E-state index < -0.39 is 5.60 Å². The van der Waals surface area contributed by atoms with Crippen molar-refractivity contribution >= 4 is 0 Å². The Bertz CT molecular complexity index is 617. The summed E-state index contributed by atoms with van der Waals surface area (Å²) in [6.45, 7) is 1.99. The first-order valence-electron chi connectivity index (χ1n) is 7.39. The number of hydrogen-bond donors (Lipinski definition) is 1. The average Bonchev–Trinajstić information content (AvgIpc) is 2.64. The van der Waals surface area contributed by atoms with E-state index in [1.165, 1.54) is 5.56 Å². The molecule has 0 spiro atoms. The molecular formula is C17H22N2O. The quantitative estimate of drug-likeness (QED) is 0.852. The van der Waals surface area contributed by atoms with Gasteiger partial charge in [0.15, 0.2) is 0 Å². The lowest BCUT2D eigenvalue weighted by Crippen LogP contribution is -2.29. The van der Waals surface area contributed by atoms with Crippen molar-refractivity contribution in [2.24, 2.45) is 7.05 Å². The van der Waals surface area contributed by atoms with E-state index in [4.69, 9.17) is 0 Å². The summed E-state index contributed by atoms with van der Waals surface area (Å²) in [7, 11) is 1.95. The fraction of sp³-hybridized carbons (Fsp3) is 0.471. The molecule has 1 heterocycles. The molecule has 1 atom stereocenters. The molecular weight excluding hydrogens is 248 g/mol. The molecule has 0 saturated heterocycles. The highest BCUT2D eigenvalue weighted by Gasteiger charge is 2.33. The van der Waals surface area contributed by atoms with Crippen molar-refractivity contribution in [1.82, 2.24) is 9.78 Å². The third-order valence-corrected chi connectivity index (χ3v) is 4.38. The Hall–Kier alpha value is -1.61. The molecule has 0 radical (unpaired) electrons. The maximum absolute atomic E-state index is 11.2. The molecule has 1 aliphatic carbocycles. The number of aliphatic hydroxyl groups is 1. The number of aromatic nitrogens is 2. The summed E-state index contributed by atoms with van der Waals surface area (Å²) in [4.78, 5) is 0. The van der Waals surface area contributed by atoms with Gasteiger partial charge in [-0.3, -0.25) is 4.68 Å². The van der Waals surface area contributed by atoms with Crippen LogP contribution in [-0.4, -0.2) is 14.9 Å². The Kier molecular flexibility index (Phi) is 3.38.